The van der Waals surface area contributed by atoms with Gasteiger partial charge in [-0.05, 0) is 51.1 Å². The molecule has 9 heteroatoms. The standard InChI is InChI=1S/C18H19ClN2O5S/c1-10(22)11-8-14-15(16(23)18(2,3)26-17(14)20-9-11)21-27(24,25)13-6-4-12(19)5-7-13/h4-9,15-16,21,23H,1-3H3/t15-,16+/m1/s1. The summed E-state index contributed by atoms with van der Waals surface area (Å²) in [5.41, 5.74) is -0.503. The van der Waals surface area contributed by atoms with Crippen molar-refractivity contribution in [1.82, 2.24) is 9.71 Å². The minimum absolute atomic E-state index is 0.000583. The lowest BCUT2D eigenvalue weighted by Gasteiger charge is -2.41. The van der Waals surface area contributed by atoms with Crippen LogP contribution in [0.3, 0.4) is 0 Å². The minimum Gasteiger partial charge on any atom is -0.469 e. The van der Waals surface area contributed by atoms with Crippen LogP contribution in [0.1, 0.15) is 42.7 Å². The number of ether oxygens (including phenoxy) is 1. The fourth-order valence-corrected chi connectivity index (χ4v) is 4.17. The molecule has 1 aromatic carbocycles. The largest absolute Gasteiger partial charge is 0.469 e. The predicted molar refractivity (Wildman–Crippen MR) is 99.5 cm³/mol. The number of pyridine rings is 1. The van der Waals surface area contributed by atoms with Crippen molar-refractivity contribution >= 4 is 27.4 Å². The quantitative estimate of drug-likeness (QED) is 0.750. The number of sulfonamides is 1. The topological polar surface area (TPSA) is 106 Å². The van der Waals surface area contributed by atoms with Crippen molar-refractivity contribution in [3.8, 4) is 5.88 Å². The summed E-state index contributed by atoms with van der Waals surface area (Å²) in [6, 6.07) is 6.10. The maximum Gasteiger partial charge on any atom is 0.241 e. The number of nitrogens with one attached hydrogen (secondary N) is 1. The Balaban J connectivity index is 2.06. The van der Waals surface area contributed by atoms with Gasteiger partial charge in [-0.25, -0.2) is 18.1 Å². The van der Waals surface area contributed by atoms with Crippen LogP contribution in [-0.4, -0.2) is 36.0 Å². The lowest BCUT2D eigenvalue weighted by atomic mass is 9.88. The second-order valence-electron chi connectivity index (χ2n) is 6.88. The molecule has 2 N–H and O–H groups in total. The Morgan fingerprint density at radius 1 is 1.30 bits per heavy atom. The molecule has 1 aromatic heterocycles. The van der Waals surface area contributed by atoms with Gasteiger partial charge in [-0.1, -0.05) is 11.6 Å². The maximum atomic E-state index is 12.8. The summed E-state index contributed by atoms with van der Waals surface area (Å²) in [4.78, 5) is 15.8. The molecule has 0 aliphatic carbocycles. The van der Waals surface area contributed by atoms with Crippen LogP contribution in [0.25, 0.3) is 0 Å². The van der Waals surface area contributed by atoms with Gasteiger partial charge in [-0.2, -0.15) is 0 Å². The van der Waals surface area contributed by atoms with E-state index in [0.717, 1.165) is 0 Å². The number of hydrogen-bond acceptors (Lipinski definition) is 6. The third-order valence-corrected chi connectivity index (χ3v) is 6.12. The number of benzene rings is 1. The number of carbonyl (C=O) groups is 1. The van der Waals surface area contributed by atoms with E-state index in [4.69, 9.17) is 16.3 Å². The van der Waals surface area contributed by atoms with Crippen LogP contribution in [-0.2, 0) is 10.0 Å². The van der Waals surface area contributed by atoms with Crippen LogP contribution in [0.5, 0.6) is 5.88 Å². The molecule has 0 radical (unpaired) electrons. The lowest BCUT2D eigenvalue weighted by Crippen LogP contribution is -2.53. The van der Waals surface area contributed by atoms with Crippen molar-refractivity contribution in [3.05, 3.63) is 52.7 Å². The molecule has 0 unspecified atom stereocenters. The molecule has 2 heterocycles. The van der Waals surface area contributed by atoms with Gasteiger partial charge in [0.2, 0.25) is 15.9 Å². The summed E-state index contributed by atoms with van der Waals surface area (Å²) >= 11 is 5.82. The summed E-state index contributed by atoms with van der Waals surface area (Å²) in [6.07, 6.45) is 0.149. The van der Waals surface area contributed by atoms with Gasteiger partial charge in [-0.3, -0.25) is 4.79 Å². The number of hydrogen-bond donors (Lipinski definition) is 2. The Bertz CT molecular complexity index is 989. The molecule has 0 spiro atoms. The highest BCUT2D eigenvalue weighted by Crippen LogP contribution is 2.39. The van der Waals surface area contributed by atoms with E-state index in [9.17, 15) is 18.3 Å². The molecule has 0 saturated heterocycles. The van der Waals surface area contributed by atoms with Crippen molar-refractivity contribution in [2.75, 3.05) is 0 Å². The molecular formula is C18H19ClN2O5S. The smallest absolute Gasteiger partial charge is 0.241 e. The van der Waals surface area contributed by atoms with Gasteiger partial charge in [0.15, 0.2) is 5.78 Å². The number of aliphatic hydroxyl groups excluding tert-OH is 1. The molecule has 1 aliphatic heterocycles. The highest BCUT2D eigenvalue weighted by atomic mass is 35.5. The number of nitrogens with zero attached hydrogens (tertiary/aromatic N) is 1. The van der Waals surface area contributed by atoms with E-state index in [-0.39, 0.29) is 16.6 Å². The second-order valence-corrected chi connectivity index (χ2v) is 9.03. The first-order valence-corrected chi connectivity index (χ1v) is 10.0. The molecule has 1 aliphatic rings. The third kappa shape index (κ3) is 3.84. The van der Waals surface area contributed by atoms with Gasteiger partial charge < -0.3 is 9.84 Å². The highest BCUT2D eigenvalue weighted by molar-refractivity contribution is 7.89. The van der Waals surface area contributed by atoms with E-state index in [1.807, 2.05) is 0 Å². The monoisotopic (exact) mass is 410 g/mol. The van der Waals surface area contributed by atoms with Crippen LogP contribution < -0.4 is 9.46 Å². The molecular weight excluding hydrogens is 392 g/mol. The molecule has 0 amide bonds. The van der Waals surface area contributed by atoms with E-state index in [1.165, 1.54) is 43.5 Å². The summed E-state index contributed by atoms with van der Waals surface area (Å²) in [7, 11) is -3.97. The van der Waals surface area contributed by atoms with Crippen molar-refractivity contribution < 1.29 is 23.1 Å². The predicted octanol–water partition coefficient (Wildman–Crippen LogP) is 2.49. The molecule has 3 rings (SSSR count). The van der Waals surface area contributed by atoms with Gasteiger partial charge in [0.1, 0.15) is 11.7 Å². The van der Waals surface area contributed by atoms with Crippen LogP contribution in [0.15, 0.2) is 41.4 Å². The minimum atomic E-state index is -3.97. The van der Waals surface area contributed by atoms with E-state index in [1.54, 1.807) is 13.8 Å². The number of carbonyl (C=O) groups excluding carboxylic acids is 1. The van der Waals surface area contributed by atoms with Gasteiger partial charge in [0.25, 0.3) is 0 Å². The van der Waals surface area contributed by atoms with Crippen LogP contribution in [0, 0.1) is 0 Å². The van der Waals surface area contributed by atoms with E-state index in [2.05, 4.69) is 9.71 Å². The molecule has 27 heavy (non-hydrogen) atoms. The molecule has 7 nitrogen and oxygen atoms in total. The van der Waals surface area contributed by atoms with Gasteiger partial charge in [-0.15, -0.1) is 0 Å². The zero-order chi connectivity index (χ0) is 20.0. The highest BCUT2D eigenvalue weighted by Gasteiger charge is 2.45. The molecule has 2 aromatic rings. The number of Topliss-reactive ketones (excluding diaryl/α,β-unsaturated/α-hetero) is 1. The van der Waals surface area contributed by atoms with Crippen molar-refractivity contribution in [1.29, 1.82) is 0 Å². The Kier molecular flexibility index (Phi) is 5.02. The number of fused-ring (bicyclic) bond motifs is 1. The summed E-state index contributed by atoms with van der Waals surface area (Å²) in [6.45, 7) is 4.63. The SMILES string of the molecule is CC(=O)c1cnc2c(c1)[C@@H](NS(=O)(=O)c1ccc(Cl)cc1)[C@H](O)C(C)(C)O2. The summed E-state index contributed by atoms with van der Waals surface area (Å²) in [5.74, 6) is -0.0666. The average Bonchev–Trinajstić information content (AvgIpc) is 2.58. The first-order valence-electron chi connectivity index (χ1n) is 8.17. The molecule has 0 bridgehead atoms. The number of rotatable bonds is 4. The molecule has 144 valence electrons. The second kappa shape index (κ2) is 6.87. The van der Waals surface area contributed by atoms with E-state index < -0.39 is 27.8 Å². The van der Waals surface area contributed by atoms with Gasteiger partial charge >= 0.3 is 0 Å². The summed E-state index contributed by atoms with van der Waals surface area (Å²) < 4.78 is 33.8. The van der Waals surface area contributed by atoms with Crippen molar-refractivity contribution in [3.63, 3.8) is 0 Å². The first-order chi connectivity index (χ1) is 12.5. The first kappa shape index (κ1) is 19.8. The number of ketones is 1. The number of halogens is 1. The Hall–Kier alpha value is -2.00. The Morgan fingerprint density at radius 2 is 1.93 bits per heavy atom. The number of aromatic nitrogens is 1. The fourth-order valence-electron chi connectivity index (χ4n) is 2.83. The van der Waals surface area contributed by atoms with Crippen molar-refractivity contribution in [2.24, 2.45) is 0 Å². The average molecular weight is 411 g/mol. The van der Waals surface area contributed by atoms with Crippen LogP contribution in [0.4, 0.5) is 0 Å². The fraction of sp³-hybridized carbons (Fsp3) is 0.333. The molecule has 0 fully saturated rings. The van der Waals surface area contributed by atoms with E-state index >= 15 is 0 Å². The molecule has 2 atom stereocenters. The number of aliphatic hydroxyl groups is 1. The Morgan fingerprint density at radius 3 is 2.52 bits per heavy atom. The molecule has 0 saturated carbocycles. The summed E-state index contributed by atoms with van der Waals surface area (Å²) in [5, 5.41) is 11.1. The lowest BCUT2D eigenvalue weighted by molar-refractivity contribution is -0.0632. The van der Waals surface area contributed by atoms with Crippen LogP contribution >= 0.6 is 11.6 Å². The Labute approximate surface area is 162 Å². The zero-order valence-corrected chi connectivity index (χ0v) is 16.5. The van der Waals surface area contributed by atoms with E-state index in [0.29, 0.717) is 16.1 Å². The van der Waals surface area contributed by atoms with Gasteiger partial charge in [0, 0.05) is 22.3 Å². The maximum absolute atomic E-state index is 12.8. The zero-order valence-electron chi connectivity index (χ0n) is 14.9. The third-order valence-electron chi connectivity index (χ3n) is 4.41. The van der Waals surface area contributed by atoms with Crippen molar-refractivity contribution in [2.45, 2.75) is 43.4 Å². The normalized spacial score (nSPS) is 21.2. The van der Waals surface area contributed by atoms with Gasteiger partial charge in [0.05, 0.1) is 10.9 Å². The van der Waals surface area contributed by atoms with Crippen LogP contribution in [0.2, 0.25) is 5.02 Å².